The lowest BCUT2D eigenvalue weighted by molar-refractivity contribution is -0.163. The van der Waals surface area contributed by atoms with Gasteiger partial charge in [0, 0.05) is 0 Å². The molecule has 0 heterocycles. The number of rotatable bonds is 17. The molecule has 0 unspecified atom stereocenters. The third kappa shape index (κ3) is 9.45. The van der Waals surface area contributed by atoms with Crippen molar-refractivity contribution in [2.75, 3.05) is 35.0 Å². The molecule has 252 valence electrons. The van der Waals surface area contributed by atoms with E-state index in [9.17, 15) is 4.79 Å². The summed E-state index contributed by atoms with van der Waals surface area (Å²) >= 11 is 0. The fourth-order valence-electron chi connectivity index (χ4n) is 5.29. The average Bonchev–Trinajstić information content (AvgIpc) is 3.14. The molecule has 0 amide bonds. The Kier molecular flexibility index (Phi) is 12.6. The van der Waals surface area contributed by atoms with Crippen LogP contribution in [0, 0.1) is 0 Å². The van der Waals surface area contributed by atoms with Crippen LogP contribution in [0.25, 0.3) is 0 Å². The molecule has 3 atom stereocenters. The molecular weight excluding hydrogens is 612 g/mol. The molecule has 1 aliphatic carbocycles. The SMILES string of the molecule is COc1ccc(COCC2=CC(=O)[C@H](OCc3ccc(OC)cc3)[C@@H](OCc3ccc(OC)cc3)[C@@H]2OCc2ccc(OC)cc2)cc1. The highest BCUT2D eigenvalue weighted by Gasteiger charge is 2.42. The Balaban J connectivity index is 1.39. The first-order valence-corrected chi connectivity index (χ1v) is 15.7. The number of carbonyl (C=O) groups excluding carboxylic acids is 1. The van der Waals surface area contributed by atoms with Crippen LogP contribution in [-0.2, 0) is 50.2 Å². The summed E-state index contributed by atoms with van der Waals surface area (Å²) in [5, 5.41) is 0. The van der Waals surface area contributed by atoms with Crippen LogP contribution in [0.5, 0.6) is 23.0 Å². The summed E-state index contributed by atoms with van der Waals surface area (Å²) < 4.78 is 46.8. The van der Waals surface area contributed by atoms with Gasteiger partial charge >= 0.3 is 0 Å². The summed E-state index contributed by atoms with van der Waals surface area (Å²) in [7, 11) is 6.50. The van der Waals surface area contributed by atoms with Gasteiger partial charge in [-0.15, -0.1) is 0 Å². The van der Waals surface area contributed by atoms with Crippen molar-refractivity contribution < 1.29 is 42.7 Å². The Morgan fingerprint density at radius 3 is 1.19 bits per heavy atom. The lowest BCUT2D eigenvalue weighted by Crippen LogP contribution is -2.51. The summed E-state index contributed by atoms with van der Waals surface area (Å²) in [6.45, 7) is 1.21. The minimum absolute atomic E-state index is 0.165. The van der Waals surface area contributed by atoms with Gasteiger partial charge in [0.25, 0.3) is 0 Å². The third-order valence-corrected chi connectivity index (χ3v) is 8.05. The molecule has 0 aromatic heterocycles. The Morgan fingerprint density at radius 1 is 0.438 bits per heavy atom. The van der Waals surface area contributed by atoms with Crippen LogP contribution >= 0.6 is 0 Å². The first-order chi connectivity index (χ1) is 23.5. The minimum Gasteiger partial charge on any atom is -0.497 e. The van der Waals surface area contributed by atoms with E-state index in [0.29, 0.717) is 12.2 Å². The van der Waals surface area contributed by atoms with Gasteiger partial charge in [0.2, 0.25) is 0 Å². The summed E-state index contributed by atoms with van der Waals surface area (Å²) in [5.41, 5.74) is 4.40. The van der Waals surface area contributed by atoms with Crippen molar-refractivity contribution in [2.24, 2.45) is 0 Å². The highest BCUT2D eigenvalue weighted by molar-refractivity contribution is 5.96. The van der Waals surface area contributed by atoms with E-state index >= 15 is 0 Å². The van der Waals surface area contributed by atoms with E-state index in [2.05, 4.69) is 0 Å². The molecule has 1 aliphatic rings. The Labute approximate surface area is 281 Å². The molecule has 9 nitrogen and oxygen atoms in total. The molecule has 0 saturated heterocycles. The van der Waals surface area contributed by atoms with Crippen LogP contribution in [0.15, 0.2) is 109 Å². The van der Waals surface area contributed by atoms with Gasteiger partial charge in [-0.3, -0.25) is 4.79 Å². The Hall–Kier alpha value is -4.67. The van der Waals surface area contributed by atoms with Gasteiger partial charge in [-0.1, -0.05) is 48.5 Å². The van der Waals surface area contributed by atoms with Gasteiger partial charge in [-0.25, -0.2) is 0 Å². The van der Waals surface area contributed by atoms with E-state index in [1.807, 2.05) is 97.1 Å². The Morgan fingerprint density at radius 2 is 0.792 bits per heavy atom. The molecule has 0 radical (unpaired) electrons. The maximum absolute atomic E-state index is 13.8. The molecule has 0 spiro atoms. The van der Waals surface area contributed by atoms with Crippen LogP contribution in [0.3, 0.4) is 0 Å². The van der Waals surface area contributed by atoms with Gasteiger partial charge in [0.15, 0.2) is 5.78 Å². The van der Waals surface area contributed by atoms with Gasteiger partial charge < -0.3 is 37.9 Å². The van der Waals surface area contributed by atoms with Gasteiger partial charge in [-0.05, 0) is 82.4 Å². The monoisotopic (exact) mass is 654 g/mol. The second-order valence-corrected chi connectivity index (χ2v) is 11.2. The summed E-state index contributed by atoms with van der Waals surface area (Å²) in [4.78, 5) is 13.8. The summed E-state index contributed by atoms with van der Waals surface area (Å²) in [6.07, 6.45) is -0.740. The Bertz CT molecular complexity index is 1600. The first-order valence-electron chi connectivity index (χ1n) is 15.7. The van der Waals surface area contributed by atoms with Crippen molar-refractivity contribution in [2.45, 2.75) is 44.7 Å². The van der Waals surface area contributed by atoms with Gasteiger partial charge in [0.1, 0.15) is 41.3 Å². The maximum atomic E-state index is 13.8. The fraction of sp³-hybridized carbons (Fsp3) is 0.308. The zero-order valence-corrected chi connectivity index (χ0v) is 27.8. The molecule has 9 heteroatoms. The number of ether oxygens (including phenoxy) is 8. The largest absolute Gasteiger partial charge is 0.497 e. The quantitative estimate of drug-likeness (QED) is 0.127. The third-order valence-electron chi connectivity index (χ3n) is 8.05. The van der Waals surface area contributed by atoms with Crippen molar-refractivity contribution in [1.82, 2.24) is 0 Å². The van der Waals surface area contributed by atoms with Crippen LogP contribution in [0.1, 0.15) is 22.3 Å². The van der Waals surface area contributed by atoms with Crippen LogP contribution in [0.4, 0.5) is 0 Å². The van der Waals surface area contributed by atoms with Crippen molar-refractivity contribution in [3.63, 3.8) is 0 Å². The molecule has 0 bridgehead atoms. The molecule has 4 aromatic rings. The highest BCUT2D eigenvalue weighted by atomic mass is 16.6. The summed E-state index contributed by atoms with van der Waals surface area (Å²) in [6, 6.07) is 30.5. The lowest BCUT2D eigenvalue weighted by atomic mass is 9.90. The normalized spacial score (nSPS) is 17.5. The van der Waals surface area contributed by atoms with Gasteiger partial charge in [0.05, 0.1) is 61.5 Å². The second kappa shape index (κ2) is 17.5. The van der Waals surface area contributed by atoms with E-state index < -0.39 is 18.3 Å². The highest BCUT2D eigenvalue weighted by Crippen LogP contribution is 2.29. The standard InChI is InChI=1S/C39H42O9/c1-41-32-13-5-27(6-14-32)22-45-26-31-21-36(40)38(47-24-29-9-17-34(43-3)18-10-29)39(48-25-30-11-19-35(44-4)20-12-30)37(31)46-23-28-7-15-33(42-2)16-8-28/h5-21,37-39H,22-26H2,1-4H3/t37-,38+,39+/m1/s1. The molecule has 4 aromatic carbocycles. The smallest absolute Gasteiger partial charge is 0.187 e. The predicted molar refractivity (Wildman–Crippen MR) is 180 cm³/mol. The van der Waals surface area contributed by atoms with Crippen LogP contribution < -0.4 is 18.9 Å². The number of benzene rings is 4. The van der Waals surface area contributed by atoms with E-state index in [1.54, 1.807) is 34.5 Å². The van der Waals surface area contributed by atoms with E-state index in [4.69, 9.17) is 37.9 Å². The zero-order valence-electron chi connectivity index (χ0n) is 27.8. The zero-order chi connectivity index (χ0) is 33.7. The van der Waals surface area contributed by atoms with Crippen LogP contribution in [0.2, 0.25) is 0 Å². The van der Waals surface area contributed by atoms with Crippen molar-refractivity contribution in [3.8, 4) is 23.0 Å². The van der Waals surface area contributed by atoms with Crippen molar-refractivity contribution >= 4 is 5.78 Å². The predicted octanol–water partition coefficient (Wildman–Crippen LogP) is 6.50. The molecule has 5 rings (SSSR count). The van der Waals surface area contributed by atoms with E-state index in [1.165, 1.54) is 0 Å². The summed E-state index contributed by atoms with van der Waals surface area (Å²) in [5.74, 6) is 2.79. The molecule has 48 heavy (non-hydrogen) atoms. The minimum atomic E-state index is -0.920. The fourth-order valence-corrected chi connectivity index (χ4v) is 5.29. The molecule has 0 aliphatic heterocycles. The van der Waals surface area contributed by atoms with Crippen molar-refractivity contribution in [3.05, 3.63) is 131 Å². The topological polar surface area (TPSA) is 90.9 Å². The number of hydrogen-bond acceptors (Lipinski definition) is 9. The van der Waals surface area contributed by atoms with E-state index in [-0.39, 0.29) is 32.2 Å². The number of carbonyl (C=O) groups is 1. The average molecular weight is 655 g/mol. The number of methoxy groups -OCH3 is 4. The molecular formula is C39H42O9. The van der Waals surface area contributed by atoms with Crippen molar-refractivity contribution in [1.29, 1.82) is 0 Å². The van der Waals surface area contributed by atoms with Crippen LogP contribution in [-0.4, -0.2) is 59.1 Å². The maximum Gasteiger partial charge on any atom is 0.187 e. The molecule has 0 N–H and O–H groups in total. The second-order valence-electron chi connectivity index (χ2n) is 11.2. The van der Waals surface area contributed by atoms with E-state index in [0.717, 1.165) is 45.3 Å². The number of ketones is 1. The molecule has 0 fully saturated rings. The number of hydrogen-bond donors (Lipinski definition) is 0. The lowest BCUT2D eigenvalue weighted by Gasteiger charge is -2.37. The molecule has 0 saturated carbocycles. The van der Waals surface area contributed by atoms with Gasteiger partial charge in [-0.2, -0.15) is 0 Å². The first kappa shape index (κ1) is 34.7.